The second kappa shape index (κ2) is 7.46. The van der Waals surface area contributed by atoms with E-state index in [1.807, 2.05) is 24.3 Å². The molecular formula is C15H13BrClFOS. The number of aliphatic hydroxyl groups is 1. The van der Waals surface area contributed by atoms with Gasteiger partial charge in [0.25, 0.3) is 0 Å². The van der Waals surface area contributed by atoms with Crippen LogP contribution in [0.4, 0.5) is 4.39 Å². The first-order valence-electron chi connectivity index (χ1n) is 6.05. The zero-order valence-electron chi connectivity index (χ0n) is 10.5. The van der Waals surface area contributed by atoms with Gasteiger partial charge in [0.2, 0.25) is 0 Å². The Morgan fingerprint density at radius 1 is 1.25 bits per heavy atom. The van der Waals surface area contributed by atoms with Crippen molar-refractivity contribution in [1.29, 1.82) is 0 Å². The number of aliphatic hydroxyl groups excluding tert-OH is 1. The van der Waals surface area contributed by atoms with Crippen molar-refractivity contribution < 1.29 is 9.50 Å². The minimum atomic E-state index is -0.528. The van der Waals surface area contributed by atoms with Gasteiger partial charge in [0.15, 0.2) is 0 Å². The molecule has 0 aromatic heterocycles. The van der Waals surface area contributed by atoms with E-state index in [4.69, 9.17) is 11.6 Å². The second-order valence-electron chi connectivity index (χ2n) is 4.37. The highest BCUT2D eigenvalue weighted by Crippen LogP contribution is 2.23. The van der Waals surface area contributed by atoms with Crippen molar-refractivity contribution in [1.82, 2.24) is 0 Å². The topological polar surface area (TPSA) is 20.2 Å². The van der Waals surface area contributed by atoms with Crippen LogP contribution in [0.25, 0.3) is 0 Å². The quantitative estimate of drug-likeness (QED) is 0.747. The highest BCUT2D eigenvalue weighted by Gasteiger charge is 2.09. The molecule has 0 spiro atoms. The lowest BCUT2D eigenvalue weighted by Gasteiger charge is -2.11. The largest absolute Gasteiger partial charge is 0.392 e. The van der Waals surface area contributed by atoms with Gasteiger partial charge in [0.05, 0.1) is 11.1 Å². The van der Waals surface area contributed by atoms with Crippen LogP contribution in [-0.2, 0) is 6.42 Å². The average Bonchev–Trinajstić information content (AvgIpc) is 2.41. The van der Waals surface area contributed by atoms with Crippen molar-refractivity contribution in [2.45, 2.75) is 17.4 Å². The molecule has 0 aliphatic carbocycles. The molecule has 0 radical (unpaired) electrons. The zero-order valence-corrected chi connectivity index (χ0v) is 13.7. The first-order chi connectivity index (χ1) is 9.54. The molecule has 0 amide bonds. The van der Waals surface area contributed by atoms with Gasteiger partial charge in [-0.25, -0.2) is 4.39 Å². The van der Waals surface area contributed by atoms with Crippen molar-refractivity contribution >= 4 is 39.3 Å². The van der Waals surface area contributed by atoms with Gasteiger partial charge in [0, 0.05) is 15.1 Å². The lowest BCUT2D eigenvalue weighted by molar-refractivity contribution is 0.200. The van der Waals surface area contributed by atoms with E-state index in [0.29, 0.717) is 12.2 Å². The summed E-state index contributed by atoms with van der Waals surface area (Å²) < 4.78 is 14.3. The lowest BCUT2D eigenvalue weighted by Crippen LogP contribution is -2.13. The number of hydrogen-bond acceptors (Lipinski definition) is 2. The molecule has 1 N–H and O–H groups in total. The Bertz CT molecular complexity index is 594. The normalized spacial score (nSPS) is 12.4. The van der Waals surface area contributed by atoms with Crippen LogP contribution in [0.3, 0.4) is 0 Å². The average molecular weight is 376 g/mol. The number of rotatable bonds is 5. The van der Waals surface area contributed by atoms with Crippen LogP contribution in [0.5, 0.6) is 0 Å². The Morgan fingerprint density at radius 2 is 2.05 bits per heavy atom. The third kappa shape index (κ3) is 4.77. The van der Waals surface area contributed by atoms with Gasteiger partial charge in [-0.2, -0.15) is 0 Å². The number of thioether (sulfide) groups is 1. The van der Waals surface area contributed by atoms with Gasteiger partial charge in [0.1, 0.15) is 5.82 Å². The summed E-state index contributed by atoms with van der Waals surface area (Å²) >= 11 is 10.6. The molecule has 0 aliphatic heterocycles. The third-order valence-electron chi connectivity index (χ3n) is 2.69. The Kier molecular flexibility index (Phi) is 5.90. The summed E-state index contributed by atoms with van der Waals surface area (Å²) in [5, 5.41) is 10.1. The Hall–Kier alpha value is -0.550. The highest BCUT2D eigenvalue weighted by atomic mass is 79.9. The maximum absolute atomic E-state index is 13.3. The van der Waals surface area contributed by atoms with Gasteiger partial charge in [-0.1, -0.05) is 39.7 Å². The van der Waals surface area contributed by atoms with Crippen LogP contribution in [-0.4, -0.2) is 17.0 Å². The third-order valence-corrected chi connectivity index (χ3v) is 4.63. The van der Waals surface area contributed by atoms with Gasteiger partial charge in [-0.3, -0.25) is 0 Å². The highest BCUT2D eigenvalue weighted by molar-refractivity contribution is 9.10. The molecule has 2 aromatic carbocycles. The smallest absolute Gasteiger partial charge is 0.142 e. The van der Waals surface area contributed by atoms with Crippen LogP contribution in [0.2, 0.25) is 5.02 Å². The maximum atomic E-state index is 13.3. The monoisotopic (exact) mass is 374 g/mol. The summed E-state index contributed by atoms with van der Waals surface area (Å²) in [5.74, 6) is 0.108. The predicted octanol–water partition coefficient (Wildman–Crippen LogP) is 4.94. The molecule has 0 saturated heterocycles. The molecule has 0 heterocycles. The molecule has 0 aliphatic rings. The van der Waals surface area contributed by atoms with Crippen LogP contribution >= 0.6 is 39.3 Å². The number of hydrogen-bond donors (Lipinski definition) is 1. The Labute approximate surface area is 135 Å². The molecule has 106 valence electrons. The number of benzene rings is 2. The van der Waals surface area contributed by atoms with Crippen LogP contribution in [0.1, 0.15) is 5.56 Å². The van der Waals surface area contributed by atoms with Gasteiger partial charge < -0.3 is 5.11 Å². The van der Waals surface area contributed by atoms with E-state index in [2.05, 4.69) is 15.9 Å². The summed E-state index contributed by atoms with van der Waals surface area (Å²) in [6, 6.07) is 12.5. The maximum Gasteiger partial charge on any atom is 0.142 e. The predicted molar refractivity (Wildman–Crippen MR) is 86.0 cm³/mol. The van der Waals surface area contributed by atoms with Crippen molar-refractivity contribution in [2.75, 3.05) is 5.75 Å². The van der Waals surface area contributed by atoms with E-state index in [0.717, 1.165) is 14.9 Å². The van der Waals surface area contributed by atoms with Crippen molar-refractivity contribution in [3.8, 4) is 0 Å². The summed E-state index contributed by atoms with van der Waals surface area (Å²) in [7, 11) is 0. The van der Waals surface area contributed by atoms with Crippen molar-refractivity contribution in [3.63, 3.8) is 0 Å². The summed E-state index contributed by atoms with van der Waals surface area (Å²) in [6.45, 7) is 0. The molecule has 0 saturated carbocycles. The molecule has 1 nitrogen and oxygen atoms in total. The Balaban J connectivity index is 1.89. The van der Waals surface area contributed by atoms with Crippen LogP contribution < -0.4 is 0 Å². The SMILES string of the molecule is OC(CSc1cccc(Br)c1)Cc1ccc(Cl)c(F)c1. The summed E-state index contributed by atoms with van der Waals surface area (Å²) in [5.41, 5.74) is 0.745. The van der Waals surface area contributed by atoms with Crippen LogP contribution in [0.15, 0.2) is 51.8 Å². The molecule has 1 unspecified atom stereocenters. The van der Waals surface area contributed by atoms with E-state index in [1.165, 1.54) is 12.1 Å². The first-order valence-corrected chi connectivity index (χ1v) is 8.20. The van der Waals surface area contributed by atoms with Crippen LogP contribution in [0, 0.1) is 5.82 Å². The van der Waals surface area contributed by atoms with E-state index in [-0.39, 0.29) is 5.02 Å². The molecule has 2 aromatic rings. The molecule has 0 bridgehead atoms. The molecular weight excluding hydrogens is 363 g/mol. The van der Waals surface area contributed by atoms with E-state index < -0.39 is 11.9 Å². The second-order valence-corrected chi connectivity index (χ2v) is 6.79. The van der Waals surface area contributed by atoms with E-state index in [9.17, 15) is 9.50 Å². The summed E-state index contributed by atoms with van der Waals surface area (Å²) in [4.78, 5) is 1.08. The molecule has 20 heavy (non-hydrogen) atoms. The van der Waals surface area contributed by atoms with E-state index >= 15 is 0 Å². The van der Waals surface area contributed by atoms with Crippen molar-refractivity contribution in [2.24, 2.45) is 0 Å². The lowest BCUT2D eigenvalue weighted by atomic mass is 10.1. The molecule has 0 fully saturated rings. The molecule has 1 atom stereocenters. The Morgan fingerprint density at radius 3 is 2.75 bits per heavy atom. The minimum absolute atomic E-state index is 0.103. The van der Waals surface area contributed by atoms with Gasteiger partial charge in [-0.05, 0) is 42.3 Å². The van der Waals surface area contributed by atoms with Gasteiger partial charge >= 0.3 is 0 Å². The standard InChI is InChI=1S/C15H13BrClFOS/c16-11-2-1-3-13(8-11)20-9-12(19)6-10-4-5-14(17)15(18)7-10/h1-5,7-8,12,19H,6,9H2. The minimum Gasteiger partial charge on any atom is -0.392 e. The van der Waals surface area contributed by atoms with Gasteiger partial charge in [-0.15, -0.1) is 11.8 Å². The first kappa shape index (κ1) is 15.8. The zero-order chi connectivity index (χ0) is 14.5. The van der Waals surface area contributed by atoms with Crippen molar-refractivity contribution in [3.05, 3.63) is 63.3 Å². The fourth-order valence-electron chi connectivity index (χ4n) is 1.75. The molecule has 2 rings (SSSR count). The molecule has 5 heteroatoms. The fourth-order valence-corrected chi connectivity index (χ4v) is 3.30. The van der Waals surface area contributed by atoms with E-state index in [1.54, 1.807) is 17.8 Å². The summed E-state index contributed by atoms with van der Waals surface area (Å²) in [6.07, 6.45) is -0.116. The fraction of sp³-hybridized carbons (Fsp3) is 0.200. The number of halogens is 3.